The Morgan fingerprint density at radius 2 is 2.20 bits per heavy atom. The molecule has 106 valence electrons. The third-order valence-corrected chi connectivity index (χ3v) is 3.79. The van der Waals surface area contributed by atoms with E-state index in [9.17, 15) is 4.79 Å². The largest absolute Gasteiger partial charge is 0.494 e. The van der Waals surface area contributed by atoms with E-state index in [1.54, 1.807) is 11.3 Å². The van der Waals surface area contributed by atoms with Gasteiger partial charge in [0.25, 0.3) is 0 Å². The molecule has 0 saturated heterocycles. The van der Waals surface area contributed by atoms with Gasteiger partial charge in [0.05, 0.1) is 13.0 Å². The first-order valence-electron chi connectivity index (χ1n) is 6.76. The molecule has 0 saturated carbocycles. The molecule has 1 heterocycles. The maximum atomic E-state index is 11.8. The van der Waals surface area contributed by atoms with Crippen LogP contribution in [0.15, 0.2) is 30.5 Å². The molecule has 0 unspecified atom stereocenters. The van der Waals surface area contributed by atoms with Crippen molar-refractivity contribution >= 4 is 17.1 Å². The highest BCUT2D eigenvalue weighted by Crippen LogP contribution is 2.14. The number of carbonyl (C=O) groups is 1. The molecule has 0 aliphatic carbocycles. The van der Waals surface area contributed by atoms with E-state index < -0.39 is 0 Å². The highest BCUT2D eigenvalue weighted by Gasteiger charge is 2.07. The van der Waals surface area contributed by atoms with Crippen LogP contribution >= 0.6 is 11.3 Å². The van der Waals surface area contributed by atoms with Crippen molar-refractivity contribution in [1.29, 1.82) is 0 Å². The van der Waals surface area contributed by atoms with Crippen LogP contribution < -0.4 is 4.74 Å². The van der Waals surface area contributed by atoms with Crippen LogP contribution in [0.4, 0.5) is 0 Å². The van der Waals surface area contributed by atoms with Gasteiger partial charge < -0.3 is 4.74 Å². The first kappa shape index (κ1) is 14.7. The normalized spacial score (nSPS) is 10.5. The van der Waals surface area contributed by atoms with E-state index in [1.165, 1.54) is 5.56 Å². The van der Waals surface area contributed by atoms with Gasteiger partial charge in [0.15, 0.2) is 0 Å². The minimum absolute atomic E-state index is 0.229. The molecule has 0 aliphatic heterocycles. The smallest absolute Gasteiger partial charge is 0.139 e. The Hall–Kier alpha value is -1.68. The van der Waals surface area contributed by atoms with E-state index in [0.29, 0.717) is 19.4 Å². The van der Waals surface area contributed by atoms with Crippen LogP contribution in [0.2, 0.25) is 0 Å². The number of thiazole rings is 1. The second-order valence-corrected chi connectivity index (χ2v) is 6.17. The molecule has 0 bridgehead atoms. The van der Waals surface area contributed by atoms with Gasteiger partial charge in [0, 0.05) is 17.5 Å². The Bertz CT molecular complexity index is 577. The molecule has 0 atom stereocenters. The van der Waals surface area contributed by atoms with Gasteiger partial charge in [-0.25, -0.2) is 4.98 Å². The summed E-state index contributed by atoms with van der Waals surface area (Å²) in [6.45, 7) is 4.61. The van der Waals surface area contributed by atoms with Gasteiger partial charge in [-0.05, 0) is 38.0 Å². The maximum Gasteiger partial charge on any atom is 0.139 e. The number of hydrogen-bond acceptors (Lipinski definition) is 4. The fourth-order valence-electron chi connectivity index (χ4n) is 1.90. The van der Waals surface area contributed by atoms with Crippen LogP contribution in [0.25, 0.3) is 0 Å². The quantitative estimate of drug-likeness (QED) is 0.729. The number of hydrogen-bond donors (Lipinski definition) is 0. The highest BCUT2D eigenvalue weighted by molar-refractivity contribution is 7.11. The molecular weight excluding hydrogens is 270 g/mol. The molecule has 4 heteroatoms. The highest BCUT2D eigenvalue weighted by atomic mass is 32.1. The van der Waals surface area contributed by atoms with Crippen LogP contribution in [0, 0.1) is 13.8 Å². The van der Waals surface area contributed by atoms with Crippen LogP contribution in [-0.4, -0.2) is 17.4 Å². The number of rotatable bonds is 7. The second kappa shape index (κ2) is 7.20. The van der Waals surface area contributed by atoms with Crippen molar-refractivity contribution in [2.24, 2.45) is 0 Å². The number of aryl methyl sites for hydroxylation is 2. The number of ketones is 1. The molecule has 3 nitrogen and oxygen atoms in total. The third kappa shape index (κ3) is 4.78. The van der Waals surface area contributed by atoms with Gasteiger partial charge in [-0.1, -0.05) is 12.1 Å². The van der Waals surface area contributed by atoms with E-state index in [2.05, 4.69) is 4.98 Å². The van der Waals surface area contributed by atoms with Crippen LogP contribution in [0.1, 0.15) is 28.3 Å². The molecule has 0 fully saturated rings. The molecular formula is C16H19NO2S. The summed E-state index contributed by atoms with van der Waals surface area (Å²) in [5.41, 5.74) is 1.18. The van der Waals surface area contributed by atoms with Crippen molar-refractivity contribution < 1.29 is 9.53 Å². The number of Topliss-reactive ketones (excluding diaryl/α,β-unsaturated/α-hetero) is 1. The van der Waals surface area contributed by atoms with E-state index >= 15 is 0 Å². The number of aromatic nitrogens is 1. The lowest BCUT2D eigenvalue weighted by Crippen LogP contribution is -2.06. The molecule has 2 aromatic rings. The molecule has 1 aromatic carbocycles. The molecule has 2 rings (SSSR count). The Labute approximate surface area is 123 Å². The summed E-state index contributed by atoms with van der Waals surface area (Å²) in [5.74, 6) is 1.10. The molecule has 0 radical (unpaired) electrons. The van der Waals surface area contributed by atoms with Gasteiger partial charge in [-0.2, -0.15) is 0 Å². The third-order valence-electron chi connectivity index (χ3n) is 2.88. The molecule has 0 spiro atoms. The predicted octanol–water partition coefficient (Wildman–Crippen LogP) is 3.73. The number of ether oxygens (including phenoxy) is 1. The lowest BCUT2D eigenvalue weighted by atomic mass is 10.2. The summed E-state index contributed by atoms with van der Waals surface area (Å²) >= 11 is 1.59. The Kier molecular flexibility index (Phi) is 5.30. The first-order chi connectivity index (χ1) is 9.63. The van der Waals surface area contributed by atoms with Crippen molar-refractivity contribution in [2.75, 3.05) is 6.61 Å². The molecule has 0 N–H and O–H groups in total. The second-order valence-electron chi connectivity index (χ2n) is 4.85. The maximum absolute atomic E-state index is 11.8. The lowest BCUT2D eigenvalue weighted by molar-refractivity contribution is -0.118. The molecule has 1 aromatic heterocycles. The Balaban J connectivity index is 1.67. The van der Waals surface area contributed by atoms with Gasteiger partial charge in [-0.15, -0.1) is 11.3 Å². The monoisotopic (exact) mass is 289 g/mol. The van der Waals surface area contributed by atoms with E-state index in [4.69, 9.17) is 4.74 Å². The molecule has 20 heavy (non-hydrogen) atoms. The fraction of sp³-hybridized carbons (Fsp3) is 0.375. The average molecular weight is 289 g/mol. The molecule has 0 amide bonds. The standard InChI is InChI=1S/C16H19NO2S/c1-12-5-3-7-15(9-12)19-8-4-6-14(18)10-16-17-11-13(2)20-16/h3,5,7,9,11H,4,6,8,10H2,1-2H3. The van der Waals surface area contributed by atoms with E-state index in [-0.39, 0.29) is 5.78 Å². The Morgan fingerprint density at radius 1 is 1.35 bits per heavy atom. The summed E-state index contributed by atoms with van der Waals surface area (Å²) in [5, 5.41) is 0.909. The summed E-state index contributed by atoms with van der Waals surface area (Å²) in [7, 11) is 0. The SMILES string of the molecule is Cc1cccc(OCCCC(=O)Cc2ncc(C)s2)c1. The van der Waals surface area contributed by atoms with Crippen molar-refractivity contribution in [1.82, 2.24) is 4.98 Å². The zero-order valence-corrected chi connectivity index (χ0v) is 12.7. The van der Waals surface area contributed by atoms with Gasteiger partial charge in [-0.3, -0.25) is 4.79 Å². The van der Waals surface area contributed by atoms with Gasteiger partial charge in [0.1, 0.15) is 16.5 Å². The predicted molar refractivity (Wildman–Crippen MR) is 81.5 cm³/mol. The van der Waals surface area contributed by atoms with Crippen molar-refractivity contribution in [3.8, 4) is 5.75 Å². The zero-order valence-electron chi connectivity index (χ0n) is 11.9. The minimum Gasteiger partial charge on any atom is -0.494 e. The summed E-state index contributed by atoms with van der Waals surface area (Å²) in [6, 6.07) is 7.94. The van der Waals surface area contributed by atoms with Crippen molar-refractivity contribution in [3.05, 3.63) is 45.9 Å². The van der Waals surface area contributed by atoms with Crippen molar-refractivity contribution in [3.63, 3.8) is 0 Å². The number of benzene rings is 1. The van der Waals surface area contributed by atoms with Crippen LogP contribution in [0.5, 0.6) is 5.75 Å². The van der Waals surface area contributed by atoms with Gasteiger partial charge in [0.2, 0.25) is 0 Å². The summed E-state index contributed by atoms with van der Waals surface area (Å²) < 4.78 is 5.63. The van der Waals surface area contributed by atoms with E-state index in [0.717, 1.165) is 22.1 Å². The number of nitrogens with zero attached hydrogens (tertiary/aromatic N) is 1. The molecule has 0 aliphatic rings. The Morgan fingerprint density at radius 3 is 2.90 bits per heavy atom. The lowest BCUT2D eigenvalue weighted by Gasteiger charge is -2.06. The summed E-state index contributed by atoms with van der Waals surface area (Å²) in [6.07, 6.45) is 3.55. The van der Waals surface area contributed by atoms with Crippen molar-refractivity contribution in [2.45, 2.75) is 33.1 Å². The van der Waals surface area contributed by atoms with Gasteiger partial charge >= 0.3 is 0 Å². The van der Waals surface area contributed by atoms with Crippen LogP contribution in [0.3, 0.4) is 0 Å². The minimum atomic E-state index is 0.229. The number of carbonyl (C=O) groups excluding carboxylic acids is 1. The fourth-order valence-corrected chi connectivity index (χ4v) is 2.72. The average Bonchev–Trinajstić information content (AvgIpc) is 2.80. The summed E-state index contributed by atoms with van der Waals surface area (Å²) in [4.78, 5) is 17.2. The topological polar surface area (TPSA) is 39.2 Å². The first-order valence-corrected chi connectivity index (χ1v) is 7.57. The van der Waals surface area contributed by atoms with E-state index in [1.807, 2.05) is 44.3 Å². The zero-order chi connectivity index (χ0) is 14.4. The van der Waals surface area contributed by atoms with Crippen LogP contribution in [-0.2, 0) is 11.2 Å².